The zero-order valence-electron chi connectivity index (χ0n) is 21.3. The van der Waals surface area contributed by atoms with E-state index in [4.69, 9.17) is 9.47 Å². The van der Waals surface area contributed by atoms with Gasteiger partial charge in [0.05, 0.1) is 11.9 Å². The number of aromatic hydroxyl groups is 1. The highest BCUT2D eigenvalue weighted by Gasteiger charge is 2.36. The van der Waals surface area contributed by atoms with Crippen LogP contribution in [0.3, 0.4) is 0 Å². The van der Waals surface area contributed by atoms with Gasteiger partial charge in [-0.15, -0.1) is 0 Å². The zero-order chi connectivity index (χ0) is 25.5. The number of imide groups is 1. The van der Waals surface area contributed by atoms with E-state index in [0.717, 1.165) is 97.7 Å². The second kappa shape index (κ2) is 12.0. The Balaban J connectivity index is 1.35. The molecule has 2 N–H and O–H groups in total. The molecule has 36 heavy (non-hydrogen) atoms. The molecule has 1 fully saturated rings. The molecule has 1 saturated heterocycles. The molecular weight excluding hydrogens is 474 g/mol. The van der Waals surface area contributed by atoms with Crippen LogP contribution in [0.1, 0.15) is 75.5 Å². The number of thioether (sulfide) groups is 1. The number of amides is 2. The molecule has 2 atom stereocenters. The van der Waals surface area contributed by atoms with E-state index in [-0.39, 0.29) is 22.0 Å². The number of hydrogen-bond donors (Lipinski definition) is 2. The number of benzene rings is 2. The lowest BCUT2D eigenvalue weighted by Crippen LogP contribution is -2.41. The van der Waals surface area contributed by atoms with Crippen LogP contribution in [-0.2, 0) is 24.1 Å². The Bertz CT molecular complexity index is 1070. The lowest BCUT2D eigenvalue weighted by molar-refractivity contribution is -0.118. The minimum Gasteiger partial charge on any atom is -0.508 e. The molecular formula is C29H37NO5S. The standard InChI is InChI=1S/C29H37NO5S/c1-3-5-6-7-21-19-25-22(18-24(21)31)12-14-29(35-25,13-4-2)15-16-34-23-10-8-20(9-11-23)17-26-27(32)30-28(33)36-26/h8-11,18-19,26,31H,3-7,12-17H2,1-2H3,(H,30,32,33). The minimum atomic E-state index is -0.362. The maximum absolute atomic E-state index is 11.8. The molecule has 7 heteroatoms. The molecule has 2 aliphatic rings. The van der Waals surface area contributed by atoms with Gasteiger partial charge < -0.3 is 14.6 Å². The summed E-state index contributed by atoms with van der Waals surface area (Å²) in [5.74, 6) is 1.87. The number of fused-ring (bicyclic) bond motifs is 1. The fourth-order valence-electron chi connectivity index (χ4n) is 5.11. The van der Waals surface area contributed by atoms with Crippen LogP contribution in [-0.4, -0.2) is 33.7 Å². The molecule has 4 rings (SSSR count). The number of hydrogen-bond acceptors (Lipinski definition) is 6. The van der Waals surface area contributed by atoms with E-state index in [2.05, 4.69) is 25.2 Å². The maximum atomic E-state index is 11.8. The number of phenolic OH excluding ortho intramolecular Hbond substituents is 1. The molecule has 2 aliphatic heterocycles. The summed E-state index contributed by atoms with van der Waals surface area (Å²) in [4.78, 5) is 23.2. The number of phenols is 1. The monoisotopic (exact) mass is 511 g/mol. The molecule has 6 nitrogen and oxygen atoms in total. The summed E-state index contributed by atoms with van der Waals surface area (Å²) in [5.41, 5.74) is 2.80. The van der Waals surface area contributed by atoms with E-state index in [0.29, 0.717) is 18.8 Å². The number of aryl methyl sites for hydroxylation is 2. The summed E-state index contributed by atoms with van der Waals surface area (Å²) < 4.78 is 12.7. The van der Waals surface area contributed by atoms with Crippen LogP contribution >= 0.6 is 11.8 Å². The van der Waals surface area contributed by atoms with Crippen LogP contribution in [0, 0.1) is 0 Å². The normalized spacial score (nSPS) is 21.1. The molecule has 0 aliphatic carbocycles. The summed E-state index contributed by atoms with van der Waals surface area (Å²) in [6, 6.07) is 11.7. The van der Waals surface area contributed by atoms with Crippen molar-refractivity contribution in [2.45, 2.75) is 88.9 Å². The molecule has 2 amide bonds. The van der Waals surface area contributed by atoms with Crippen molar-refractivity contribution in [1.29, 1.82) is 0 Å². The fourth-order valence-corrected chi connectivity index (χ4v) is 5.97. The lowest BCUT2D eigenvalue weighted by atomic mass is 9.84. The largest absolute Gasteiger partial charge is 0.508 e. The number of carbonyl (C=O) groups is 2. The van der Waals surface area contributed by atoms with Crippen molar-refractivity contribution in [3.63, 3.8) is 0 Å². The summed E-state index contributed by atoms with van der Waals surface area (Å²) in [5, 5.41) is 12.2. The van der Waals surface area contributed by atoms with Crippen molar-refractivity contribution in [2.24, 2.45) is 0 Å². The van der Waals surface area contributed by atoms with Gasteiger partial charge in [-0.05, 0) is 79.5 Å². The first-order chi connectivity index (χ1) is 17.4. The van der Waals surface area contributed by atoms with Crippen molar-refractivity contribution >= 4 is 22.9 Å². The molecule has 2 aromatic carbocycles. The van der Waals surface area contributed by atoms with E-state index in [1.165, 1.54) is 0 Å². The summed E-state index contributed by atoms with van der Waals surface area (Å²) >= 11 is 1.05. The van der Waals surface area contributed by atoms with E-state index in [1.807, 2.05) is 30.3 Å². The average Bonchev–Trinajstić information content (AvgIpc) is 3.17. The van der Waals surface area contributed by atoms with E-state index in [1.54, 1.807) is 0 Å². The van der Waals surface area contributed by atoms with Crippen molar-refractivity contribution < 1.29 is 24.2 Å². The van der Waals surface area contributed by atoms with Crippen LogP contribution in [0.5, 0.6) is 17.2 Å². The topological polar surface area (TPSA) is 84.9 Å². The number of unbranched alkanes of at least 4 members (excludes halogenated alkanes) is 2. The Morgan fingerprint density at radius 3 is 2.61 bits per heavy atom. The molecule has 0 aromatic heterocycles. The average molecular weight is 512 g/mol. The quantitative estimate of drug-likeness (QED) is 0.323. The van der Waals surface area contributed by atoms with Gasteiger partial charge in [0.1, 0.15) is 22.8 Å². The molecule has 2 unspecified atom stereocenters. The molecule has 2 aromatic rings. The third-order valence-electron chi connectivity index (χ3n) is 7.13. The van der Waals surface area contributed by atoms with Crippen LogP contribution < -0.4 is 14.8 Å². The fraction of sp³-hybridized carbons (Fsp3) is 0.517. The van der Waals surface area contributed by atoms with Gasteiger partial charge in [0, 0.05) is 6.42 Å². The van der Waals surface area contributed by atoms with Crippen LogP contribution in [0.15, 0.2) is 36.4 Å². The molecule has 0 radical (unpaired) electrons. The second-order valence-corrected chi connectivity index (χ2v) is 11.1. The van der Waals surface area contributed by atoms with Gasteiger partial charge >= 0.3 is 0 Å². The first kappa shape index (κ1) is 26.4. The Kier molecular flexibility index (Phi) is 8.83. The lowest BCUT2D eigenvalue weighted by Gasteiger charge is -2.39. The van der Waals surface area contributed by atoms with Gasteiger partial charge in [-0.2, -0.15) is 0 Å². The number of rotatable bonds is 12. The van der Waals surface area contributed by atoms with Crippen molar-refractivity contribution in [3.05, 3.63) is 53.1 Å². The van der Waals surface area contributed by atoms with Gasteiger partial charge in [-0.25, -0.2) is 0 Å². The van der Waals surface area contributed by atoms with E-state index in [9.17, 15) is 14.7 Å². The molecule has 0 spiro atoms. The van der Waals surface area contributed by atoms with Gasteiger partial charge in [0.15, 0.2) is 0 Å². The first-order valence-corrected chi connectivity index (χ1v) is 14.1. The number of ether oxygens (including phenoxy) is 2. The third-order valence-corrected chi connectivity index (χ3v) is 8.11. The third kappa shape index (κ3) is 6.55. The van der Waals surface area contributed by atoms with Crippen LogP contribution in [0.2, 0.25) is 0 Å². The Morgan fingerprint density at radius 1 is 1.11 bits per heavy atom. The number of carbonyl (C=O) groups excluding carboxylic acids is 2. The Labute approximate surface area is 218 Å². The molecule has 2 heterocycles. The Morgan fingerprint density at radius 2 is 1.92 bits per heavy atom. The van der Waals surface area contributed by atoms with Gasteiger partial charge in [0.2, 0.25) is 5.91 Å². The zero-order valence-corrected chi connectivity index (χ0v) is 22.1. The van der Waals surface area contributed by atoms with Crippen molar-refractivity contribution in [2.75, 3.05) is 6.61 Å². The predicted octanol–water partition coefficient (Wildman–Crippen LogP) is 6.35. The van der Waals surface area contributed by atoms with Gasteiger partial charge in [0.25, 0.3) is 5.24 Å². The maximum Gasteiger partial charge on any atom is 0.286 e. The van der Waals surface area contributed by atoms with Crippen molar-refractivity contribution in [3.8, 4) is 17.2 Å². The van der Waals surface area contributed by atoms with Crippen LogP contribution in [0.25, 0.3) is 0 Å². The molecule has 194 valence electrons. The molecule has 0 bridgehead atoms. The SMILES string of the molecule is CCCCCc1cc2c(cc1O)CCC(CCC)(CCOc1ccc(CC3SC(=O)NC3=O)cc1)O2. The highest BCUT2D eigenvalue weighted by atomic mass is 32.2. The van der Waals surface area contributed by atoms with Crippen LogP contribution in [0.4, 0.5) is 4.79 Å². The smallest absolute Gasteiger partial charge is 0.286 e. The van der Waals surface area contributed by atoms with Gasteiger partial charge in [-0.1, -0.05) is 57.0 Å². The minimum absolute atomic E-state index is 0.219. The van der Waals surface area contributed by atoms with E-state index >= 15 is 0 Å². The summed E-state index contributed by atoms with van der Waals surface area (Å²) in [6.45, 7) is 4.92. The highest BCUT2D eigenvalue weighted by Crippen LogP contribution is 2.41. The Hall–Kier alpha value is -2.67. The summed E-state index contributed by atoms with van der Waals surface area (Å²) in [7, 11) is 0. The highest BCUT2D eigenvalue weighted by molar-refractivity contribution is 8.15. The second-order valence-electron chi connectivity index (χ2n) is 9.91. The predicted molar refractivity (Wildman–Crippen MR) is 143 cm³/mol. The number of nitrogens with one attached hydrogen (secondary N) is 1. The van der Waals surface area contributed by atoms with E-state index < -0.39 is 0 Å². The van der Waals surface area contributed by atoms with Crippen molar-refractivity contribution in [1.82, 2.24) is 5.32 Å². The first-order valence-electron chi connectivity index (χ1n) is 13.2. The summed E-state index contributed by atoms with van der Waals surface area (Å²) in [6.07, 6.45) is 9.35. The molecule has 0 saturated carbocycles. The van der Waals surface area contributed by atoms with Gasteiger partial charge in [-0.3, -0.25) is 14.9 Å².